The highest BCUT2D eigenvalue weighted by molar-refractivity contribution is 7.98. The molecule has 0 spiro atoms. The highest BCUT2D eigenvalue weighted by Gasteiger charge is 1.98. The Morgan fingerprint density at radius 2 is 1.58 bits per heavy atom. The predicted molar refractivity (Wildman–Crippen MR) is 84.4 cm³/mol. The van der Waals surface area contributed by atoms with E-state index in [0.717, 1.165) is 12.3 Å². The molecule has 100 valence electrons. The average Bonchev–Trinajstić information content (AvgIpc) is 2.45. The molecule has 0 amide bonds. The summed E-state index contributed by atoms with van der Waals surface area (Å²) in [5.74, 6) is 1.03. The Morgan fingerprint density at radius 3 is 2.21 bits per heavy atom. The van der Waals surface area contributed by atoms with Crippen molar-refractivity contribution in [1.29, 1.82) is 0 Å². The van der Waals surface area contributed by atoms with Gasteiger partial charge in [0.1, 0.15) is 0 Å². The van der Waals surface area contributed by atoms with Crippen LogP contribution in [0.5, 0.6) is 0 Å². The molecule has 0 radical (unpaired) electrons. The molecule has 1 nitrogen and oxygen atoms in total. The van der Waals surface area contributed by atoms with E-state index in [4.69, 9.17) is 0 Å². The number of nitrogens with one attached hydrogen (secondary N) is 1. The number of hydrogen-bond donors (Lipinski definition) is 1. The molecule has 0 atom stereocenters. The highest BCUT2D eigenvalue weighted by atomic mass is 32.2. The van der Waals surface area contributed by atoms with Crippen LogP contribution in [0.25, 0.3) is 0 Å². The Kier molecular flexibility index (Phi) is 5.49. The van der Waals surface area contributed by atoms with Crippen LogP contribution in [0.4, 0.5) is 0 Å². The molecule has 0 aliphatic rings. The van der Waals surface area contributed by atoms with Crippen molar-refractivity contribution < 1.29 is 0 Å². The van der Waals surface area contributed by atoms with Gasteiger partial charge < -0.3 is 5.32 Å². The maximum absolute atomic E-state index is 3.43. The molecule has 0 aromatic heterocycles. The summed E-state index contributed by atoms with van der Waals surface area (Å²) < 4.78 is 0. The Labute approximate surface area is 120 Å². The smallest absolute Gasteiger partial charge is 0.0231 e. The largest absolute Gasteiger partial charge is 0.310 e. The SMILES string of the molecule is CC(C)NCc1ccc(SCc2ccccc2)cc1. The fraction of sp³-hybridized carbons (Fsp3) is 0.294. The zero-order valence-corrected chi connectivity index (χ0v) is 12.4. The van der Waals surface area contributed by atoms with E-state index in [1.165, 1.54) is 16.0 Å². The van der Waals surface area contributed by atoms with Crippen molar-refractivity contribution >= 4 is 11.8 Å². The molecule has 2 heteroatoms. The van der Waals surface area contributed by atoms with Crippen molar-refractivity contribution in [2.24, 2.45) is 0 Å². The lowest BCUT2D eigenvalue weighted by molar-refractivity contribution is 0.588. The summed E-state index contributed by atoms with van der Waals surface area (Å²) in [5.41, 5.74) is 2.72. The molecule has 2 rings (SSSR count). The predicted octanol–water partition coefficient (Wildman–Crippen LogP) is 4.48. The summed E-state index contributed by atoms with van der Waals surface area (Å²) >= 11 is 1.89. The molecule has 0 saturated carbocycles. The summed E-state index contributed by atoms with van der Waals surface area (Å²) in [6.45, 7) is 5.29. The molecule has 0 heterocycles. The van der Waals surface area contributed by atoms with E-state index in [9.17, 15) is 0 Å². The fourth-order valence-electron chi connectivity index (χ4n) is 1.77. The van der Waals surface area contributed by atoms with E-state index in [1.807, 2.05) is 11.8 Å². The lowest BCUT2D eigenvalue weighted by Gasteiger charge is -2.08. The van der Waals surface area contributed by atoms with Crippen molar-refractivity contribution in [1.82, 2.24) is 5.32 Å². The third kappa shape index (κ3) is 5.09. The van der Waals surface area contributed by atoms with Gasteiger partial charge in [-0.25, -0.2) is 0 Å². The number of thioether (sulfide) groups is 1. The fourth-order valence-corrected chi connectivity index (χ4v) is 2.62. The van der Waals surface area contributed by atoms with Crippen LogP contribution in [0.2, 0.25) is 0 Å². The first-order chi connectivity index (χ1) is 9.24. The highest BCUT2D eigenvalue weighted by Crippen LogP contribution is 2.22. The number of hydrogen-bond acceptors (Lipinski definition) is 2. The Morgan fingerprint density at radius 1 is 0.895 bits per heavy atom. The first kappa shape index (κ1) is 14.2. The molecule has 0 unspecified atom stereocenters. The second-order valence-corrected chi connectivity index (χ2v) is 6.00. The summed E-state index contributed by atoms with van der Waals surface area (Å²) in [4.78, 5) is 1.33. The lowest BCUT2D eigenvalue weighted by Crippen LogP contribution is -2.21. The Hall–Kier alpha value is -1.25. The molecule has 0 aliphatic heterocycles. The summed E-state index contributed by atoms with van der Waals surface area (Å²) in [7, 11) is 0. The molecule has 19 heavy (non-hydrogen) atoms. The van der Waals surface area contributed by atoms with Crippen molar-refractivity contribution in [2.45, 2.75) is 37.1 Å². The maximum Gasteiger partial charge on any atom is 0.0231 e. The van der Waals surface area contributed by atoms with Gasteiger partial charge in [0.05, 0.1) is 0 Å². The molecule has 0 aliphatic carbocycles. The Bertz CT molecular complexity index is 476. The summed E-state index contributed by atoms with van der Waals surface area (Å²) in [6.07, 6.45) is 0. The van der Waals surface area contributed by atoms with E-state index >= 15 is 0 Å². The second-order valence-electron chi connectivity index (χ2n) is 4.95. The molecule has 0 fully saturated rings. The zero-order valence-electron chi connectivity index (χ0n) is 11.6. The normalized spacial score (nSPS) is 10.9. The monoisotopic (exact) mass is 271 g/mol. The molecule has 2 aromatic rings. The van der Waals surface area contributed by atoms with Crippen LogP contribution in [-0.2, 0) is 12.3 Å². The summed E-state index contributed by atoms with van der Waals surface area (Å²) in [5, 5.41) is 3.43. The first-order valence-electron chi connectivity index (χ1n) is 6.73. The minimum absolute atomic E-state index is 0.534. The van der Waals surface area contributed by atoms with Gasteiger partial charge in [-0.05, 0) is 23.3 Å². The van der Waals surface area contributed by atoms with Crippen molar-refractivity contribution in [3.05, 3.63) is 65.7 Å². The summed E-state index contributed by atoms with van der Waals surface area (Å²) in [6, 6.07) is 20.0. The van der Waals surface area contributed by atoms with Gasteiger partial charge in [-0.15, -0.1) is 11.8 Å². The van der Waals surface area contributed by atoms with Crippen LogP contribution in [-0.4, -0.2) is 6.04 Å². The van der Waals surface area contributed by atoms with Crippen LogP contribution in [0.3, 0.4) is 0 Å². The first-order valence-corrected chi connectivity index (χ1v) is 7.71. The van der Waals surface area contributed by atoms with Gasteiger partial charge in [0.25, 0.3) is 0 Å². The van der Waals surface area contributed by atoms with Crippen LogP contribution in [0.1, 0.15) is 25.0 Å². The van der Waals surface area contributed by atoms with E-state index < -0.39 is 0 Å². The van der Waals surface area contributed by atoms with Gasteiger partial charge in [0, 0.05) is 23.2 Å². The topological polar surface area (TPSA) is 12.0 Å². The molecular formula is C17H21NS. The van der Waals surface area contributed by atoms with E-state index in [0.29, 0.717) is 6.04 Å². The standard InChI is InChI=1S/C17H21NS/c1-14(2)18-12-15-8-10-17(11-9-15)19-13-16-6-4-3-5-7-16/h3-11,14,18H,12-13H2,1-2H3. The van der Waals surface area contributed by atoms with Crippen LogP contribution >= 0.6 is 11.8 Å². The van der Waals surface area contributed by atoms with Crippen molar-refractivity contribution in [3.63, 3.8) is 0 Å². The van der Waals surface area contributed by atoms with Crippen LogP contribution in [0, 0.1) is 0 Å². The van der Waals surface area contributed by atoms with Crippen LogP contribution in [0.15, 0.2) is 59.5 Å². The molecule has 0 saturated heterocycles. The van der Waals surface area contributed by atoms with Gasteiger partial charge in [-0.3, -0.25) is 0 Å². The van der Waals surface area contributed by atoms with Crippen molar-refractivity contribution in [3.8, 4) is 0 Å². The molecule has 1 N–H and O–H groups in total. The molecule has 2 aromatic carbocycles. The van der Waals surface area contributed by atoms with Gasteiger partial charge in [-0.1, -0.05) is 56.3 Å². The lowest BCUT2D eigenvalue weighted by atomic mass is 10.2. The third-order valence-electron chi connectivity index (χ3n) is 2.89. The Balaban J connectivity index is 1.85. The zero-order chi connectivity index (χ0) is 13.5. The second kappa shape index (κ2) is 7.37. The van der Waals surface area contributed by atoms with Crippen molar-refractivity contribution in [2.75, 3.05) is 0 Å². The van der Waals surface area contributed by atoms with E-state index in [1.54, 1.807) is 0 Å². The maximum atomic E-state index is 3.43. The van der Waals surface area contributed by atoms with Crippen LogP contribution < -0.4 is 5.32 Å². The van der Waals surface area contributed by atoms with Gasteiger partial charge in [0.2, 0.25) is 0 Å². The number of benzene rings is 2. The third-order valence-corrected chi connectivity index (χ3v) is 3.97. The van der Waals surface area contributed by atoms with E-state index in [-0.39, 0.29) is 0 Å². The number of rotatable bonds is 6. The molecule has 0 bridgehead atoms. The quantitative estimate of drug-likeness (QED) is 0.778. The minimum Gasteiger partial charge on any atom is -0.310 e. The van der Waals surface area contributed by atoms with Gasteiger partial charge in [0.15, 0.2) is 0 Å². The average molecular weight is 271 g/mol. The van der Waals surface area contributed by atoms with Gasteiger partial charge in [-0.2, -0.15) is 0 Å². The minimum atomic E-state index is 0.534. The van der Waals surface area contributed by atoms with E-state index in [2.05, 4.69) is 73.8 Å². The molecular weight excluding hydrogens is 250 g/mol. The van der Waals surface area contributed by atoms with Gasteiger partial charge >= 0.3 is 0 Å².